The lowest BCUT2D eigenvalue weighted by molar-refractivity contribution is 0.0224. The molecule has 3 aromatic carbocycles. The van der Waals surface area contributed by atoms with Crippen molar-refractivity contribution < 1.29 is 24.5 Å². The number of carbonyl (C=O) groups is 1. The number of phenolic OH excluding ortho intramolecular Hbond substituents is 2. The third kappa shape index (κ3) is 2.10. The lowest BCUT2D eigenvalue weighted by Gasteiger charge is -2.36. The molecular weight excluding hydrogens is 391 g/mol. The molecule has 2 aliphatic rings. The van der Waals surface area contributed by atoms with Gasteiger partial charge in [0.2, 0.25) is 0 Å². The fourth-order valence-corrected chi connectivity index (χ4v) is 4.02. The van der Waals surface area contributed by atoms with Crippen molar-refractivity contribution >= 4 is 29.2 Å². The van der Waals surface area contributed by atoms with Crippen LogP contribution in [0.5, 0.6) is 23.0 Å². The normalized spacial score (nSPS) is 15.6. The third-order valence-electron chi connectivity index (χ3n) is 4.81. The number of benzene rings is 3. The number of ether oxygens (including phenoxy) is 2. The highest BCUT2D eigenvalue weighted by atomic mass is 35.5. The Morgan fingerprint density at radius 2 is 1.33 bits per heavy atom. The highest BCUT2D eigenvalue weighted by molar-refractivity contribution is 6.42. The molecule has 7 heteroatoms. The summed E-state index contributed by atoms with van der Waals surface area (Å²) < 4.78 is 11.8. The summed E-state index contributed by atoms with van der Waals surface area (Å²) >= 11 is 12.3. The molecule has 0 amide bonds. The minimum atomic E-state index is -1.33. The lowest BCUT2D eigenvalue weighted by atomic mass is 9.77. The van der Waals surface area contributed by atoms with E-state index in [0.29, 0.717) is 33.8 Å². The molecule has 0 atom stereocenters. The molecular formula is C20H10Cl2O5. The van der Waals surface area contributed by atoms with Gasteiger partial charge in [0.1, 0.15) is 23.0 Å². The largest absolute Gasteiger partial charge is 0.508 e. The topological polar surface area (TPSA) is 76.0 Å². The molecule has 0 aromatic heterocycles. The maximum Gasteiger partial charge on any atom is 0.340 e. The fraction of sp³-hybridized carbons (Fsp3) is 0.0500. The van der Waals surface area contributed by atoms with Gasteiger partial charge in [-0.1, -0.05) is 23.2 Å². The molecule has 2 N–H and O–H groups in total. The first kappa shape index (κ1) is 16.3. The van der Waals surface area contributed by atoms with Gasteiger partial charge in [-0.2, -0.15) is 0 Å². The molecule has 3 aromatic rings. The first-order chi connectivity index (χ1) is 12.9. The van der Waals surface area contributed by atoms with Gasteiger partial charge in [-0.15, -0.1) is 0 Å². The molecule has 1 spiro atoms. The number of hydrogen-bond acceptors (Lipinski definition) is 5. The molecule has 134 valence electrons. The molecule has 0 aliphatic carbocycles. The number of phenols is 2. The Kier molecular flexibility index (Phi) is 3.21. The molecule has 2 aliphatic heterocycles. The number of halogens is 2. The van der Waals surface area contributed by atoms with E-state index in [9.17, 15) is 15.0 Å². The third-order valence-corrected chi connectivity index (χ3v) is 5.54. The first-order valence-corrected chi connectivity index (χ1v) is 8.73. The average Bonchev–Trinajstić information content (AvgIpc) is 2.88. The molecule has 0 saturated heterocycles. The summed E-state index contributed by atoms with van der Waals surface area (Å²) in [5.74, 6) is 0.0422. The maximum atomic E-state index is 12.7. The second-order valence-corrected chi connectivity index (χ2v) is 7.16. The molecule has 0 fully saturated rings. The molecule has 5 nitrogen and oxygen atoms in total. The second-order valence-electron chi connectivity index (χ2n) is 6.35. The van der Waals surface area contributed by atoms with Gasteiger partial charge in [0.15, 0.2) is 5.60 Å². The van der Waals surface area contributed by atoms with Gasteiger partial charge in [-0.3, -0.25) is 0 Å². The predicted molar refractivity (Wildman–Crippen MR) is 98.0 cm³/mol. The molecule has 0 unspecified atom stereocenters. The van der Waals surface area contributed by atoms with Crippen LogP contribution in [0.1, 0.15) is 27.0 Å². The van der Waals surface area contributed by atoms with Gasteiger partial charge in [0.05, 0.1) is 15.6 Å². The van der Waals surface area contributed by atoms with Gasteiger partial charge in [-0.05, 0) is 36.4 Å². The number of aromatic hydroxyl groups is 2. The Bertz CT molecular complexity index is 1100. The van der Waals surface area contributed by atoms with Crippen molar-refractivity contribution in [2.24, 2.45) is 0 Å². The van der Waals surface area contributed by atoms with Crippen LogP contribution in [0.25, 0.3) is 0 Å². The van der Waals surface area contributed by atoms with E-state index in [1.807, 2.05) is 0 Å². The number of fused-ring (bicyclic) bond motifs is 6. The Labute approximate surface area is 163 Å². The summed E-state index contributed by atoms with van der Waals surface area (Å²) in [6.07, 6.45) is 0. The smallest absolute Gasteiger partial charge is 0.340 e. The number of rotatable bonds is 0. The Balaban J connectivity index is 1.92. The van der Waals surface area contributed by atoms with E-state index in [-0.39, 0.29) is 21.5 Å². The van der Waals surface area contributed by atoms with Crippen molar-refractivity contribution in [3.8, 4) is 23.0 Å². The van der Waals surface area contributed by atoms with Crippen molar-refractivity contribution in [2.75, 3.05) is 0 Å². The minimum absolute atomic E-state index is 0.00816. The van der Waals surface area contributed by atoms with E-state index in [1.54, 1.807) is 18.2 Å². The molecule has 2 heterocycles. The van der Waals surface area contributed by atoms with Crippen LogP contribution in [0.3, 0.4) is 0 Å². The average molecular weight is 401 g/mol. The van der Waals surface area contributed by atoms with Crippen molar-refractivity contribution in [1.82, 2.24) is 0 Å². The van der Waals surface area contributed by atoms with Crippen LogP contribution >= 0.6 is 23.2 Å². The lowest BCUT2D eigenvalue weighted by Crippen LogP contribution is -2.32. The minimum Gasteiger partial charge on any atom is -0.508 e. The van der Waals surface area contributed by atoms with Crippen LogP contribution in [0.2, 0.25) is 10.0 Å². The highest BCUT2D eigenvalue weighted by Gasteiger charge is 2.54. The van der Waals surface area contributed by atoms with E-state index in [4.69, 9.17) is 32.7 Å². The van der Waals surface area contributed by atoms with Crippen LogP contribution in [0.4, 0.5) is 0 Å². The standard InChI is InChI=1S/C20H10Cl2O5/c21-15-7-11-14(8-16(15)22)20(27-19(11)25)12-3-1-9(23)5-17(12)26-18-6-10(24)2-4-13(18)20/h1-8,23-24H. The van der Waals surface area contributed by atoms with E-state index < -0.39 is 11.6 Å². The molecule has 0 radical (unpaired) electrons. The van der Waals surface area contributed by atoms with Crippen molar-refractivity contribution in [2.45, 2.75) is 5.60 Å². The van der Waals surface area contributed by atoms with Crippen LogP contribution in [0.15, 0.2) is 48.5 Å². The second kappa shape index (κ2) is 5.31. The zero-order valence-corrected chi connectivity index (χ0v) is 15.0. The molecule has 0 bridgehead atoms. The summed E-state index contributed by atoms with van der Waals surface area (Å²) in [5.41, 5.74) is 0.548. The summed E-state index contributed by atoms with van der Waals surface area (Å²) in [7, 11) is 0. The molecule has 5 rings (SSSR count). The maximum absolute atomic E-state index is 12.7. The van der Waals surface area contributed by atoms with Crippen LogP contribution < -0.4 is 4.74 Å². The summed E-state index contributed by atoms with van der Waals surface area (Å²) in [6.45, 7) is 0. The fourth-order valence-electron chi connectivity index (χ4n) is 3.69. The van der Waals surface area contributed by atoms with E-state index >= 15 is 0 Å². The Morgan fingerprint density at radius 3 is 1.93 bits per heavy atom. The van der Waals surface area contributed by atoms with E-state index in [2.05, 4.69) is 0 Å². The highest BCUT2D eigenvalue weighted by Crippen LogP contribution is 2.57. The van der Waals surface area contributed by atoms with Gasteiger partial charge in [0.25, 0.3) is 0 Å². The van der Waals surface area contributed by atoms with Crippen LogP contribution in [-0.2, 0) is 10.3 Å². The van der Waals surface area contributed by atoms with Gasteiger partial charge >= 0.3 is 5.97 Å². The predicted octanol–water partition coefficient (Wildman–Crippen LogP) is 4.97. The van der Waals surface area contributed by atoms with Gasteiger partial charge < -0.3 is 19.7 Å². The van der Waals surface area contributed by atoms with E-state index in [1.165, 1.54) is 30.3 Å². The van der Waals surface area contributed by atoms with Crippen LogP contribution in [-0.4, -0.2) is 16.2 Å². The Morgan fingerprint density at radius 1 is 0.778 bits per heavy atom. The van der Waals surface area contributed by atoms with E-state index in [0.717, 1.165) is 0 Å². The zero-order valence-electron chi connectivity index (χ0n) is 13.5. The quantitative estimate of drug-likeness (QED) is 0.520. The van der Waals surface area contributed by atoms with Crippen molar-refractivity contribution in [3.05, 3.63) is 80.8 Å². The molecule has 27 heavy (non-hydrogen) atoms. The number of hydrogen-bond donors (Lipinski definition) is 2. The summed E-state index contributed by atoms with van der Waals surface area (Å²) in [5, 5.41) is 20.3. The van der Waals surface area contributed by atoms with Crippen molar-refractivity contribution in [3.63, 3.8) is 0 Å². The zero-order chi connectivity index (χ0) is 18.9. The van der Waals surface area contributed by atoms with Gasteiger partial charge in [-0.25, -0.2) is 4.79 Å². The Hall–Kier alpha value is -2.89. The SMILES string of the molecule is O=C1OC2(c3ccc(O)cc3Oc3cc(O)ccc32)c2cc(Cl)c(Cl)cc21. The van der Waals surface area contributed by atoms with Crippen LogP contribution in [0, 0.1) is 0 Å². The number of esters is 1. The first-order valence-electron chi connectivity index (χ1n) is 7.98. The number of carbonyl (C=O) groups excluding carboxylic acids is 1. The monoisotopic (exact) mass is 400 g/mol. The summed E-state index contributed by atoms with van der Waals surface area (Å²) in [6, 6.07) is 12.2. The van der Waals surface area contributed by atoms with Gasteiger partial charge in [0, 0.05) is 28.8 Å². The molecule has 0 saturated carbocycles. The van der Waals surface area contributed by atoms with Crippen molar-refractivity contribution in [1.29, 1.82) is 0 Å². The summed E-state index contributed by atoms with van der Waals surface area (Å²) in [4.78, 5) is 12.7.